The number of aryl methyl sites for hydroxylation is 1. The Bertz CT molecular complexity index is 558. The predicted octanol–water partition coefficient (Wildman–Crippen LogP) is 5.22. The van der Waals surface area contributed by atoms with Crippen LogP contribution < -0.4 is 4.74 Å². The van der Waals surface area contributed by atoms with Gasteiger partial charge in [0.1, 0.15) is 5.75 Å². The Labute approximate surface area is 123 Å². The van der Waals surface area contributed by atoms with Gasteiger partial charge in [-0.25, -0.2) is 4.98 Å². The molecule has 0 atom stereocenters. The number of hydrogen-bond acceptors (Lipinski definition) is 2. The zero-order chi connectivity index (χ0) is 13.7. The molecule has 1 aromatic carbocycles. The Balaban J connectivity index is 2.26. The van der Waals surface area contributed by atoms with Crippen molar-refractivity contribution in [3.05, 3.63) is 52.7 Å². The van der Waals surface area contributed by atoms with Gasteiger partial charge in [-0.3, -0.25) is 0 Å². The fourth-order valence-corrected chi connectivity index (χ4v) is 2.12. The van der Waals surface area contributed by atoms with Crippen LogP contribution in [0.1, 0.15) is 24.6 Å². The van der Waals surface area contributed by atoms with Crippen molar-refractivity contribution in [2.75, 3.05) is 0 Å². The standard InChI is InChI=1S/C15H15Cl2NO/c1-2-4-13-7-11(10-16)8-15(18-13)19-14-6-3-5-12(17)9-14/h3,5-9H,2,4,10H2,1H3. The first kappa shape index (κ1) is 14.2. The highest BCUT2D eigenvalue weighted by molar-refractivity contribution is 6.30. The van der Waals surface area contributed by atoms with Crippen LogP contribution >= 0.6 is 23.2 Å². The zero-order valence-electron chi connectivity index (χ0n) is 10.7. The molecule has 0 unspecified atom stereocenters. The quantitative estimate of drug-likeness (QED) is 0.706. The van der Waals surface area contributed by atoms with E-state index in [0.717, 1.165) is 24.1 Å². The van der Waals surface area contributed by atoms with Gasteiger partial charge < -0.3 is 4.74 Å². The number of hydrogen-bond donors (Lipinski definition) is 0. The number of rotatable bonds is 5. The monoisotopic (exact) mass is 295 g/mol. The molecule has 0 saturated carbocycles. The van der Waals surface area contributed by atoms with Crippen LogP contribution in [0.25, 0.3) is 0 Å². The lowest BCUT2D eigenvalue weighted by Gasteiger charge is -2.08. The first-order valence-corrected chi connectivity index (χ1v) is 7.11. The van der Waals surface area contributed by atoms with Gasteiger partial charge in [0.25, 0.3) is 0 Å². The molecule has 2 rings (SSSR count). The lowest BCUT2D eigenvalue weighted by atomic mass is 10.2. The van der Waals surface area contributed by atoms with Gasteiger partial charge in [-0.2, -0.15) is 0 Å². The molecule has 0 fully saturated rings. The second kappa shape index (κ2) is 6.78. The van der Waals surface area contributed by atoms with Crippen LogP contribution in [-0.2, 0) is 12.3 Å². The maximum absolute atomic E-state index is 5.93. The molecular formula is C15H15Cl2NO. The fraction of sp³-hybridized carbons (Fsp3) is 0.267. The number of alkyl halides is 1. The Hall–Kier alpha value is -1.25. The summed E-state index contributed by atoms with van der Waals surface area (Å²) in [4.78, 5) is 4.47. The van der Waals surface area contributed by atoms with Crippen LogP contribution in [0.3, 0.4) is 0 Å². The molecule has 19 heavy (non-hydrogen) atoms. The number of pyridine rings is 1. The van der Waals surface area contributed by atoms with Gasteiger partial charge in [-0.15, -0.1) is 11.6 Å². The molecule has 0 aliphatic rings. The van der Waals surface area contributed by atoms with Crippen LogP contribution in [0.2, 0.25) is 5.02 Å². The third-order valence-corrected chi connectivity index (χ3v) is 3.14. The molecule has 0 saturated heterocycles. The summed E-state index contributed by atoms with van der Waals surface area (Å²) in [5, 5.41) is 0.639. The number of halogens is 2. The highest BCUT2D eigenvalue weighted by Gasteiger charge is 2.05. The topological polar surface area (TPSA) is 22.1 Å². The SMILES string of the molecule is CCCc1cc(CCl)cc(Oc2cccc(Cl)c2)n1. The molecule has 100 valence electrons. The van der Waals surface area contributed by atoms with Crippen molar-refractivity contribution in [1.29, 1.82) is 0 Å². The summed E-state index contributed by atoms with van der Waals surface area (Å²) >= 11 is 11.8. The molecule has 0 radical (unpaired) electrons. The second-order valence-electron chi connectivity index (χ2n) is 4.25. The largest absolute Gasteiger partial charge is 0.439 e. The molecule has 1 aromatic heterocycles. The van der Waals surface area contributed by atoms with Gasteiger partial charge >= 0.3 is 0 Å². The molecule has 0 spiro atoms. The molecule has 2 nitrogen and oxygen atoms in total. The molecule has 0 bridgehead atoms. The van der Waals surface area contributed by atoms with E-state index in [1.54, 1.807) is 12.1 Å². The summed E-state index contributed by atoms with van der Waals surface area (Å²) < 4.78 is 5.73. The van der Waals surface area contributed by atoms with Gasteiger partial charge in [0, 0.05) is 22.7 Å². The number of aromatic nitrogens is 1. The van der Waals surface area contributed by atoms with Gasteiger partial charge in [-0.1, -0.05) is 31.0 Å². The third kappa shape index (κ3) is 4.12. The van der Waals surface area contributed by atoms with Crippen molar-refractivity contribution in [3.8, 4) is 11.6 Å². The van der Waals surface area contributed by atoms with E-state index >= 15 is 0 Å². The second-order valence-corrected chi connectivity index (χ2v) is 4.95. The van der Waals surface area contributed by atoms with E-state index in [2.05, 4.69) is 11.9 Å². The van der Waals surface area contributed by atoms with E-state index in [0.29, 0.717) is 22.5 Å². The Morgan fingerprint density at radius 3 is 2.74 bits per heavy atom. The summed E-state index contributed by atoms with van der Waals surface area (Å²) in [6.45, 7) is 2.12. The summed E-state index contributed by atoms with van der Waals surface area (Å²) in [6, 6.07) is 11.1. The number of ether oxygens (including phenoxy) is 1. The fourth-order valence-electron chi connectivity index (χ4n) is 1.79. The van der Waals surface area contributed by atoms with Crippen molar-refractivity contribution in [1.82, 2.24) is 4.98 Å². The van der Waals surface area contributed by atoms with Gasteiger partial charge in [-0.05, 0) is 36.2 Å². The van der Waals surface area contributed by atoms with Gasteiger partial charge in [0.2, 0.25) is 5.88 Å². The van der Waals surface area contributed by atoms with E-state index in [-0.39, 0.29) is 0 Å². The Kier molecular flexibility index (Phi) is 5.06. The zero-order valence-corrected chi connectivity index (χ0v) is 12.2. The molecule has 2 aromatic rings. The van der Waals surface area contributed by atoms with Crippen molar-refractivity contribution < 1.29 is 4.74 Å². The van der Waals surface area contributed by atoms with E-state index in [1.807, 2.05) is 24.3 Å². The summed E-state index contributed by atoms with van der Waals surface area (Å²) in [5.74, 6) is 1.68. The number of nitrogens with zero attached hydrogens (tertiary/aromatic N) is 1. The molecule has 1 heterocycles. The predicted molar refractivity (Wildman–Crippen MR) is 79.3 cm³/mol. The highest BCUT2D eigenvalue weighted by Crippen LogP contribution is 2.24. The van der Waals surface area contributed by atoms with Crippen LogP contribution in [0.15, 0.2) is 36.4 Å². The minimum absolute atomic E-state index is 0.450. The maximum Gasteiger partial charge on any atom is 0.219 e. The van der Waals surface area contributed by atoms with Crippen LogP contribution in [-0.4, -0.2) is 4.98 Å². The van der Waals surface area contributed by atoms with E-state index in [9.17, 15) is 0 Å². The van der Waals surface area contributed by atoms with Crippen molar-refractivity contribution in [2.24, 2.45) is 0 Å². The van der Waals surface area contributed by atoms with Gasteiger partial charge in [0.05, 0.1) is 0 Å². The summed E-state index contributed by atoms with van der Waals surface area (Å²) in [7, 11) is 0. The molecular weight excluding hydrogens is 281 g/mol. The van der Waals surface area contributed by atoms with Crippen molar-refractivity contribution in [2.45, 2.75) is 25.6 Å². The average molecular weight is 296 g/mol. The van der Waals surface area contributed by atoms with Gasteiger partial charge in [0.15, 0.2) is 0 Å². The Morgan fingerprint density at radius 1 is 1.21 bits per heavy atom. The smallest absolute Gasteiger partial charge is 0.219 e. The summed E-state index contributed by atoms with van der Waals surface area (Å²) in [5.41, 5.74) is 2.01. The minimum Gasteiger partial charge on any atom is -0.439 e. The Morgan fingerprint density at radius 2 is 2.05 bits per heavy atom. The molecule has 0 amide bonds. The van der Waals surface area contributed by atoms with E-state index in [1.165, 1.54) is 0 Å². The first-order valence-electron chi connectivity index (χ1n) is 6.20. The number of benzene rings is 1. The van der Waals surface area contributed by atoms with Crippen LogP contribution in [0.4, 0.5) is 0 Å². The minimum atomic E-state index is 0.450. The van der Waals surface area contributed by atoms with Crippen molar-refractivity contribution in [3.63, 3.8) is 0 Å². The molecule has 4 heteroatoms. The summed E-state index contributed by atoms with van der Waals surface area (Å²) in [6.07, 6.45) is 1.95. The van der Waals surface area contributed by atoms with Crippen LogP contribution in [0, 0.1) is 0 Å². The van der Waals surface area contributed by atoms with E-state index in [4.69, 9.17) is 27.9 Å². The lowest BCUT2D eigenvalue weighted by molar-refractivity contribution is 0.460. The first-order chi connectivity index (χ1) is 9.21. The maximum atomic E-state index is 5.93. The van der Waals surface area contributed by atoms with Crippen molar-refractivity contribution >= 4 is 23.2 Å². The molecule has 0 aliphatic heterocycles. The lowest BCUT2D eigenvalue weighted by Crippen LogP contribution is -1.96. The van der Waals surface area contributed by atoms with E-state index < -0.39 is 0 Å². The highest BCUT2D eigenvalue weighted by atomic mass is 35.5. The molecule has 0 N–H and O–H groups in total. The third-order valence-electron chi connectivity index (χ3n) is 2.59. The van der Waals surface area contributed by atoms with Crippen LogP contribution in [0.5, 0.6) is 11.6 Å². The molecule has 0 aliphatic carbocycles. The average Bonchev–Trinajstić information content (AvgIpc) is 2.39. The normalized spacial score (nSPS) is 10.5.